The van der Waals surface area contributed by atoms with Crippen molar-refractivity contribution >= 4 is 0 Å². The van der Waals surface area contributed by atoms with E-state index in [2.05, 4.69) is 25.1 Å². The number of aliphatic hydroxyl groups excluding tert-OH is 1. The smallest absolute Gasteiger partial charge is 0.0543 e. The van der Waals surface area contributed by atoms with Crippen LogP contribution >= 0.6 is 0 Å². The van der Waals surface area contributed by atoms with E-state index in [0.717, 1.165) is 6.42 Å². The lowest BCUT2D eigenvalue weighted by molar-refractivity contribution is 0.162. The van der Waals surface area contributed by atoms with Crippen LogP contribution in [0.4, 0.5) is 0 Å². The normalized spacial score (nSPS) is 27.5. The second-order valence-corrected chi connectivity index (χ2v) is 5.00. The minimum atomic E-state index is -0.169. The van der Waals surface area contributed by atoms with E-state index < -0.39 is 0 Å². The lowest BCUT2D eigenvalue weighted by atomic mass is 9.90. The first-order valence-electron chi connectivity index (χ1n) is 6.11. The summed E-state index contributed by atoms with van der Waals surface area (Å²) in [6.45, 7) is 4.75. The summed E-state index contributed by atoms with van der Waals surface area (Å²) in [7, 11) is 0. The predicted octanol–water partition coefficient (Wildman–Crippen LogP) is 2.27. The van der Waals surface area contributed by atoms with Gasteiger partial charge in [0.05, 0.1) is 6.10 Å². The van der Waals surface area contributed by atoms with E-state index in [-0.39, 0.29) is 6.10 Å². The third-order valence-corrected chi connectivity index (χ3v) is 3.92. The van der Waals surface area contributed by atoms with Gasteiger partial charge in [-0.25, -0.2) is 0 Å². The highest BCUT2D eigenvalue weighted by atomic mass is 16.3. The van der Waals surface area contributed by atoms with Crippen molar-refractivity contribution in [3.8, 4) is 0 Å². The maximum Gasteiger partial charge on any atom is 0.0543 e. The Kier molecular flexibility index (Phi) is 3.31. The molecule has 1 saturated carbocycles. The monoisotopic (exact) mass is 219 g/mol. The van der Waals surface area contributed by atoms with Crippen LogP contribution in [0.2, 0.25) is 0 Å². The second-order valence-electron chi connectivity index (χ2n) is 5.00. The molecule has 0 spiro atoms. The van der Waals surface area contributed by atoms with Gasteiger partial charge >= 0.3 is 0 Å². The molecule has 0 heterocycles. The number of benzene rings is 1. The average Bonchev–Trinajstić information content (AvgIpc) is 3.08. The van der Waals surface area contributed by atoms with Gasteiger partial charge in [-0.2, -0.15) is 0 Å². The minimum absolute atomic E-state index is 0.169. The number of rotatable bonds is 4. The minimum Gasteiger partial charge on any atom is -0.393 e. The summed E-state index contributed by atoms with van der Waals surface area (Å²) in [5.41, 5.74) is 8.36. The van der Waals surface area contributed by atoms with Crippen LogP contribution in [0.25, 0.3) is 0 Å². The van der Waals surface area contributed by atoms with Gasteiger partial charge in [0, 0.05) is 6.54 Å². The molecule has 3 N–H and O–H groups in total. The Hall–Kier alpha value is -0.860. The molecule has 0 amide bonds. The van der Waals surface area contributed by atoms with Gasteiger partial charge in [0.15, 0.2) is 0 Å². The van der Waals surface area contributed by atoms with Crippen molar-refractivity contribution in [2.45, 2.75) is 38.8 Å². The van der Waals surface area contributed by atoms with Gasteiger partial charge in [-0.3, -0.25) is 0 Å². The molecule has 16 heavy (non-hydrogen) atoms. The van der Waals surface area contributed by atoms with Crippen molar-refractivity contribution in [2.75, 3.05) is 0 Å². The van der Waals surface area contributed by atoms with Crippen LogP contribution < -0.4 is 5.73 Å². The standard InChI is InChI=1S/C14H21NO/c1-9(13-7-14(13)10(2)16)12-6-4-3-5-11(12)8-15/h3-6,9-10,13-14,16H,7-8,15H2,1-2H3. The highest BCUT2D eigenvalue weighted by Crippen LogP contribution is 2.50. The quantitative estimate of drug-likeness (QED) is 0.816. The number of hydrogen-bond acceptors (Lipinski definition) is 2. The molecule has 1 aromatic carbocycles. The first kappa shape index (κ1) is 11.6. The third kappa shape index (κ3) is 2.13. The topological polar surface area (TPSA) is 46.2 Å². The summed E-state index contributed by atoms with van der Waals surface area (Å²) in [5, 5.41) is 9.56. The molecule has 1 fully saturated rings. The summed E-state index contributed by atoms with van der Waals surface area (Å²) < 4.78 is 0. The van der Waals surface area contributed by atoms with Crippen molar-refractivity contribution in [1.82, 2.24) is 0 Å². The van der Waals surface area contributed by atoms with E-state index in [4.69, 9.17) is 5.73 Å². The maximum atomic E-state index is 9.56. The first-order chi connectivity index (χ1) is 7.65. The van der Waals surface area contributed by atoms with Crippen molar-refractivity contribution in [1.29, 1.82) is 0 Å². The van der Waals surface area contributed by atoms with Crippen molar-refractivity contribution < 1.29 is 5.11 Å². The Balaban J connectivity index is 2.13. The Morgan fingerprint density at radius 3 is 2.56 bits per heavy atom. The van der Waals surface area contributed by atoms with Gasteiger partial charge in [-0.1, -0.05) is 31.2 Å². The van der Waals surface area contributed by atoms with Gasteiger partial charge in [-0.05, 0) is 42.2 Å². The molecule has 0 saturated heterocycles. The van der Waals surface area contributed by atoms with E-state index >= 15 is 0 Å². The molecule has 4 unspecified atom stereocenters. The lowest BCUT2D eigenvalue weighted by Gasteiger charge is -2.16. The average molecular weight is 219 g/mol. The summed E-state index contributed by atoms with van der Waals surface area (Å²) in [6, 6.07) is 8.39. The van der Waals surface area contributed by atoms with E-state index in [9.17, 15) is 5.11 Å². The molecule has 0 aromatic heterocycles. The van der Waals surface area contributed by atoms with Gasteiger partial charge in [0.2, 0.25) is 0 Å². The molecule has 4 atom stereocenters. The third-order valence-electron chi connectivity index (χ3n) is 3.92. The molecular formula is C14H21NO. The molecule has 0 bridgehead atoms. The van der Waals surface area contributed by atoms with Crippen molar-refractivity contribution in [2.24, 2.45) is 17.6 Å². The second kappa shape index (κ2) is 4.56. The highest BCUT2D eigenvalue weighted by molar-refractivity contribution is 5.31. The Labute approximate surface area is 97.5 Å². The van der Waals surface area contributed by atoms with Crippen LogP contribution in [-0.4, -0.2) is 11.2 Å². The molecule has 1 aromatic rings. The lowest BCUT2D eigenvalue weighted by Crippen LogP contribution is -2.10. The Bertz CT molecular complexity index is 362. The van der Waals surface area contributed by atoms with Crippen LogP contribution in [0.3, 0.4) is 0 Å². The molecule has 0 radical (unpaired) electrons. The molecule has 88 valence electrons. The predicted molar refractivity (Wildman–Crippen MR) is 66.0 cm³/mol. The zero-order valence-corrected chi connectivity index (χ0v) is 10.1. The van der Waals surface area contributed by atoms with Gasteiger partial charge in [-0.15, -0.1) is 0 Å². The summed E-state index contributed by atoms with van der Waals surface area (Å²) in [4.78, 5) is 0. The summed E-state index contributed by atoms with van der Waals surface area (Å²) >= 11 is 0. The van der Waals surface area contributed by atoms with Gasteiger partial charge < -0.3 is 10.8 Å². The Morgan fingerprint density at radius 1 is 1.31 bits per heavy atom. The van der Waals surface area contributed by atoms with Crippen LogP contribution in [0.5, 0.6) is 0 Å². The van der Waals surface area contributed by atoms with E-state index in [1.807, 2.05) is 13.0 Å². The number of nitrogens with two attached hydrogens (primary N) is 1. The molecule has 2 heteroatoms. The molecule has 1 aliphatic rings. The fraction of sp³-hybridized carbons (Fsp3) is 0.571. The van der Waals surface area contributed by atoms with Crippen LogP contribution in [0.1, 0.15) is 37.3 Å². The van der Waals surface area contributed by atoms with Crippen molar-refractivity contribution in [3.05, 3.63) is 35.4 Å². The molecule has 2 rings (SSSR count). The van der Waals surface area contributed by atoms with Crippen LogP contribution in [-0.2, 0) is 6.54 Å². The summed E-state index contributed by atoms with van der Waals surface area (Å²) in [5.74, 6) is 1.63. The van der Waals surface area contributed by atoms with Crippen LogP contribution in [0.15, 0.2) is 24.3 Å². The van der Waals surface area contributed by atoms with E-state index in [0.29, 0.717) is 24.3 Å². The van der Waals surface area contributed by atoms with E-state index in [1.54, 1.807) is 0 Å². The zero-order valence-electron chi connectivity index (χ0n) is 10.1. The van der Waals surface area contributed by atoms with Gasteiger partial charge in [0.1, 0.15) is 0 Å². The van der Waals surface area contributed by atoms with E-state index in [1.165, 1.54) is 11.1 Å². The van der Waals surface area contributed by atoms with Crippen LogP contribution in [0, 0.1) is 11.8 Å². The fourth-order valence-electron chi connectivity index (χ4n) is 2.76. The first-order valence-corrected chi connectivity index (χ1v) is 6.11. The number of hydrogen-bond donors (Lipinski definition) is 2. The zero-order chi connectivity index (χ0) is 11.7. The number of aliphatic hydroxyl groups is 1. The van der Waals surface area contributed by atoms with Crippen molar-refractivity contribution in [3.63, 3.8) is 0 Å². The molecular weight excluding hydrogens is 198 g/mol. The maximum absolute atomic E-state index is 9.56. The van der Waals surface area contributed by atoms with Gasteiger partial charge in [0.25, 0.3) is 0 Å². The largest absolute Gasteiger partial charge is 0.393 e. The molecule has 1 aliphatic carbocycles. The highest BCUT2D eigenvalue weighted by Gasteiger charge is 2.44. The Morgan fingerprint density at radius 2 is 2.00 bits per heavy atom. The fourth-order valence-corrected chi connectivity index (χ4v) is 2.76. The SMILES string of the molecule is CC(O)C1CC1C(C)c1ccccc1CN. The summed E-state index contributed by atoms with van der Waals surface area (Å²) in [6.07, 6.45) is 0.982. The molecule has 0 aliphatic heterocycles. The molecule has 2 nitrogen and oxygen atoms in total.